The second kappa shape index (κ2) is 6.03. The number of benzene rings is 1. The number of hydrogen-bond acceptors (Lipinski definition) is 4. The molecule has 0 radical (unpaired) electrons. The minimum Gasteiger partial charge on any atom is -0.478 e. The van der Waals surface area contributed by atoms with Crippen LogP contribution in [0.4, 0.5) is 0 Å². The fourth-order valence-corrected chi connectivity index (χ4v) is 3.32. The molecule has 108 valence electrons. The van der Waals surface area contributed by atoms with E-state index < -0.39 is 22.0 Å². The smallest absolute Gasteiger partial charge is 0.335 e. The minimum absolute atomic E-state index is 0.0376. The van der Waals surface area contributed by atoms with Crippen LogP contribution in [0.3, 0.4) is 0 Å². The maximum atomic E-state index is 12.3. The van der Waals surface area contributed by atoms with Crippen LogP contribution in [0.2, 0.25) is 0 Å². The molecule has 0 bridgehead atoms. The van der Waals surface area contributed by atoms with E-state index in [2.05, 4.69) is 4.72 Å². The van der Waals surface area contributed by atoms with Crippen LogP contribution in [0.1, 0.15) is 34.8 Å². The fourth-order valence-electron chi connectivity index (χ4n) is 1.74. The van der Waals surface area contributed by atoms with Crippen LogP contribution in [0, 0.1) is 25.2 Å². The minimum atomic E-state index is -3.86. The van der Waals surface area contributed by atoms with Crippen LogP contribution in [0.15, 0.2) is 17.0 Å². The highest BCUT2D eigenvalue weighted by atomic mass is 32.2. The molecule has 2 N–H and O–H groups in total. The van der Waals surface area contributed by atoms with Crippen LogP contribution < -0.4 is 4.72 Å². The van der Waals surface area contributed by atoms with Crippen LogP contribution in [0.25, 0.3) is 0 Å². The predicted octanol–water partition coefficient (Wildman–Crippen LogP) is 1.58. The molecule has 7 heteroatoms. The molecule has 1 atom stereocenters. The van der Waals surface area contributed by atoms with Crippen molar-refractivity contribution in [1.82, 2.24) is 4.72 Å². The van der Waals surface area contributed by atoms with Crippen LogP contribution in [0.5, 0.6) is 0 Å². The zero-order valence-electron chi connectivity index (χ0n) is 11.5. The van der Waals surface area contributed by atoms with Crippen molar-refractivity contribution in [2.45, 2.75) is 38.1 Å². The van der Waals surface area contributed by atoms with E-state index in [0.29, 0.717) is 11.1 Å². The highest BCUT2D eigenvalue weighted by Gasteiger charge is 2.22. The van der Waals surface area contributed by atoms with Gasteiger partial charge in [-0.25, -0.2) is 17.9 Å². The molecule has 0 aliphatic heterocycles. The van der Waals surface area contributed by atoms with Crippen molar-refractivity contribution in [1.29, 1.82) is 5.26 Å². The molecule has 0 saturated carbocycles. The molecular weight excluding hydrogens is 280 g/mol. The molecule has 0 aliphatic rings. The Balaban J connectivity index is 3.31. The van der Waals surface area contributed by atoms with Crippen molar-refractivity contribution in [3.8, 4) is 6.07 Å². The van der Waals surface area contributed by atoms with E-state index in [0.717, 1.165) is 6.07 Å². The summed E-state index contributed by atoms with van der Waals surface area (Å²) in [5.41, 5.74) is 0.992. The Bertz CT molecular complexity index is 674. The monoisotopic (exact) mass is 296 g/mol. The van der Waals surface area contributed by atoms with E-state index in [4.69, 9.17) is 10.4 Å². The number of nitrogens with zero attached hydrogens (tertiary/aromatic N) is 1. The Morgan fingerprint density at radius 3 is 2.55 bits per heavy atom. The molecule has 6 nitrogen and oxygen atoms in total. The van der Waals surface area contributed by atoms with Gasteiger partial charge in [0.05, 0.1) is 22.9 Å². The standard InChI is InChI=1S/C13H16N2O4S/c1-8-6-11(13(16)17)7-12(10(8)3)20(18,19)15-9(2)4-5-14/h6-7,9,15H,4H2,1-3H3,(H,16,17). The molecule has 0 fully saturated rings. The molecule has 0 heterocycles. The number of carboxylic acids is 1. The zero-order valence-corrected chi connectivity index (χ0v) is 12.3. The number of carbonyl (C=O) groups is 1. The van der Waals surface area contributed by atoms with Gasteiger partial charge in [-0.2, -0.15) is 5.26 Å². The first-order chi connectivity index (χ1) is 9.19. The molecule has 0 saturated heterocycles. The summed E-state index contributed by atoms with van der Waals surface area (Å²) in [4.78, 5) is 10.9. The molecule has 0 amide bonds. The molecular formula is C13H16N2O4S. The van der Waals surface area contributed by atoms with Gasteiger partial charge in [-0.15, -0.1) is 0 Å². The maximum absolute atomic E-state index is 12.3. The molecule has 1 rings (SSSR count). The molecule has 0 aliphatic carbocycles. The van der Waals surface area contributed by atoms with Crippen LogP contribution in [-0.4, -0.2) is 25.5 Å². The summed E-state index contributed by atoms with van der Waals surface area (Å²) in [5.74, 6) is -1.19. The van der Waals surface area contributed by atoms with Gasteiger partial charge < -0.3 is 5.11 Å². The van der Waals surface area contributed by atoms with Gasteiger partial charge in [0.1, 0.15) is 0 Å². The summed E-state index contributed by atoms with van der Waals surface area (Å²) in [6, 6.07) is 3.89. The van der Waals surface area contributed by atoms with Gasteiger partial charge in [0.25, 0.3) is 0 Å². The molecule has 0 spiro atoms. The van der Waals surface area contributed by atoms with Crippen molar-refractivity contribution < 1.29 is 18.3 Å². The second-order valence-corrected chi connectivity index (χ2v) is 6.29. The third-order valence-corrected chi connectivity index (χ3v) is 4.63. The topological polar surface area (TPSA) is 107 Å². The third kappa shape index (κ3) is 3.56. The Morgan fingerprint density at radius 2 is 2.05 bits per heavy atom. The number of aryl methyl sites for hydroxylation is 1. The number of sulfonamides is 1. The van der Waals surface area contributed by atoms with Gasteiger partial charge in [0.2, 0.25) is 10.0 Å². The van der Waals surface area contributed by atoms with Gasteiger partial charge in [-0.05, 0) is 44.0 Å². The average molecular weight is 296 g/mol. The van der Waals surface area contributed by atoms with E-state index in [1.54, 1.807) is 20.8 Å². The van der Waals surface area contributed by atoms with Crippen LogP contribution >= 0.6 is 0 Å². The van der Waals surface area contributed by atoms with Crippen molar-refractivity contribution in [3.05, 3.63) is 28.8 Å². The summed E-state index contributed by atoms with van der Waals surface area (Å²) >= 11 is 0. The van der Waals surface area contributed by atoms with E-state index in [1.807, 2.05) is 6.07 Å². The summed E-state index contributed by atoms with van der Waals surface area (Å²) < 4.78 is 26.9. The van der Waals surface area contributed by atoms with Gasteiger partial charge in [-0.1, -0.05) is 0 Å². The number of rotatable bonds is 5. The Kier molecular flexibility index (Phi) is 4.87. The SMILES string of the molecule is Cc1cc(C(=O)O)cc(S(=O)(=O)NC(C)CC#N)c1C. The molecule has 20 heavy (non-hydrogen) atoms. The number of hydrogen-bond donors (Lipinski definition) is 2. The van der Waals surface area contributed by atoms with Crippen LogP contribution in [-0.2, 0) is 10.0 Å². The molecule has 1 unspecified atom stereocenters. The lowest BCUT2D eigenvalue weighted by Crippen LogP contribution is -2.33. The molecule has 1 aromatic carbocycles. The second-order valence-electron chi connectivity index (χ2n) is 4.61. The first kappa shape index (κ1) is 16.1. The zero-order chi connectivity index (χ0) is 15.5. The summed E-state index contributed by atoms with van der Waals surface area (Å²) in [6.07, 6.45) is 0.0376. The van der Waals surface area contributed by atoms with Crippen molar-refractivity contribution >= 4 is 16.0 Å². The Morgan fingerprint density at radius 1 is 1.45 bits per heavy atom. The Hall–Kier alpha value is -1.91. The molecule has 1 aromatic rings. The van der Waals surface area contributed by atoms with Crippen molar-refractivity contribution in [3.63, 3.8) is 0 Å². The maximum Gasteiger partial charge on any atom is 0.335 e. The summed E-state index contributed by atoms with van der Waals surface area (Å²) in [5, 5.41) is 17.6. The normalized spacial score (nSPS) is 12.7. The largest absolute Gasteiger partial charge is 0.478 e. The molecule has 0 aromatic heterocycles. The van der Waals surface area contributed by atoms with Gasteiger partial charge in [-0.3, -0.25) is 0 Å². The first-order valence-electron chi connectivity index (χ1n) is 5.93. The van der Waals surface area contributed by atoms with Gasteiger partial charge in [0, 0.05) is 6.04 Å². The van der Waals surface area contributed by atoms with Crippen molar-refractivity contribution in [2.75, 3.05) is 0 Å². The lowest BCUT2D eigenvalue weighted by atomic mass is 10.1. The van der Waals surface area contributed by atoms with Gasteiger partial charge >= 0.3 is 5.97 Å². The van der Waals surface area contributed by atoms with E-state index in [9.17, 15) is 13.2 Å². The lowest BCUT2D eigenvalue weighted by Gasteiger charge is -2.15. The average Bonchev–Trinajstić information content (AvgIpc) is 2.31. The summed E-state index contributed by atoms with van der Waals surface area (Å²) in [6.45, 7) is 4.84. The number of aromatic carboxylic acids is 1. The Labute approximate surface area is 118 Å². The quantitative estimate of drug-likeness (QED) is 0.857. The number of nitrogens with one attached hydrogen (secondary N) is 1. The first-order valence-corrected chi connectivity index (χ1v) is 7.41. The number of nitriles is 1. The lowest BCUT2D eigenvalue weighted by molar-refractivity contribution is 0.0696. The van der Waals surface area contributed by atoms with Crippen molar-refractivity contribution in [2.24, 2.45) is 0 Å². The van der Waals surface area contributed by atoms with E-state index in [-0.39, 0.29) is 16.9 Å². The number of carboxylic acid groups (broad SMARTS) is 1. The van der Waals surface area contributed by atoms with Gasteiger partial charge in [0.15, 0.2) is 0 Å². The predicted molar refractivity (Wildman–Crippen MR) is 72.9 cm³/mol. The highest BCUT2D eigenvalue weighted by Crippen LogP contribution is 2.21. The van der Waals surface area contributed by atoms with E-state index >= 15 is 0 Å². The summed E-state index contributed by atoms with van der Waals surface area (Å²) in [7, 11) is -3.86. The van der Waals surface area contributed by atoms with E-state index in [1.165, 1.54) is 6.07 Å². The third-order valence-electron chi connectivity index (χ3n) is 2.91. The fraction of sp³-hybridized carbons (Fsp3) is 0.385. The highest BCUT2D eigenvalue weighted by molar-refractivity contribution is 7.89.